The maximum Gasteiger partial charge on any atom is 0.223 e. The molecule has 2 rings (SSSR count). The van der Waals surface area contributed by atoms with E-state index in [1.807, 2.05) is 4.90 Å². The third-order valence-electron chi connectivity index (χ3n) is 5.16. The standard InChI is InChI=1S/C16H31N3O3S/c1-13(14-6-5-8-17-11-14)10-16(20)19-9-4-3-7-15(19)12-18-23(2,21)22/h13-15,17-18H,3-12H2,1-2H3. The lowest BCUT2D eigenvalue weighted by Gasteiger charge is -2.37. The highest BCUT2D eigenvalue weighted by atomic mass is 32.2. The number of likely N-dealkylation sites (tertiary alicyclic amines) is 1. The summed E-state index contributed by atoms with van der Waals surface area (Å²) in [5.74, 6) is 1.13. The molecule has 2 fully saturated rings. The number of carbonyl (C=O) groups excluding carboxylic acids is 1. The zero-order chi connectivity index (χ0) is 16.9. The Bertz CT molecular complexity index is 489. The van der Waals surface area contributed by atoms with E-state index in [9.17, 15) is 13.2 Å². The summed E-state index contributed by atoms with van der Waals surface area (Å²) in [6.45, 7) is 5.35. The van der Waals surface area contributed by atoms with Gasteiger partial charge < -0.3 is 10.2 Å². The molecule has 1 amide bonds. The Hall–Kier alpha value is -0.660. The van der Waals surface area contributed by atoms with Crippen LogP contribution in [0.2, 0.25) is 0 Å². The van der Waals surface area contributed by atoms with Crippen LogP contribution in [0.1, 0.15) is 45.4 Å². The molecule has 3 unspecified atom stereocenters. The lowest BCUT2D eigenvalue weighted by atomic mass is 9.85. The van der Waals surface area contributed by atoms with Gasteiger partial charge in [0.15, 0.2) is 0 Å². The molecule has 7 heteroatoms. The average Bonchev–Trinajstić information content (AvgIpc) is 2.53. The van der Waals surface area contributed by atoms with Crippen molar-refractivity contribution in [3.05, 3.63) is 0 Å². The summed E-state index contributed by atoms with van der Waals surface area (Å²) in [4.78, 5) is 14.6. The van der Waals surface area contributed by atoms with Gasteiger partial charge in [0.25, 0.3) is 0 Å². The summed E-state index contributed by atoms with van der Waals surface area (Å²) in [7, 11) is -3.21. The fraction of sp³-hybridized carbons (Fsp3) is 0.938. The number of hydrogen-bond acceptors (Lipinski definition) is 4. The molecule has 0 aromatic carbocycles. The van der Waals surface area contributed by atoms with Crippen molar-refractivity contribution >= 4 is 15.9 Å². The van der Waals surface area contributed by atoms with Gasteiger partial charge in [-0.2, -0.15) is 0 Å². The van der Waals surface area contributed by atoms with Crippen LogP contribution in [-0.2, 0) is 14.8 Å². The fourth-order valence-corrected chi connectivity index (χ4v) is 4.21. The van der Waals surface area contributed by atoms with Crippen molar-refractivity contribution in [2.45, 2.75) is 51.5 Å². The fourth-order valence-electron chi connectivity index (χ4n) is 3.71. The molecule has 0 aliphatic carbocycles. The SMILES string of the molecule is CC(CC(=O)N1CCCCC1CNS(C)(=O)=O)C1CCCNC1. The van der Waals surface area contributed by atoms with Gasteiger partial charge in [-0.3, -0.25) is 4.79 Å². The van der Waals surface area contributed by atoms with Crippen molar-refractivity contribution < 1.29 is 13.2 Å². The maximum atomic E-state index is 12.7. The van der Waals surface area contributed by atoms with Crippen LogP contribution in [0, 0.1) is 11.8 Å². The number of nitrogens with zero attached hydrogens (tertiary/aromatic N) is 1. The number of sulfonamides is 1. The first kappa shape index (κ1) is 18.7. The molecule has 0 bridgehead atoms. The van der Waals surface area contributed by atoms with Crippen LogP contribution in [0.25, 0.3) is 0 Å². The van der Waals surface area contributed by atoms with Gasteiger partial charge in [-0.05, 0) is 57.0 Å². The first-order chi connectivity index (χ1) is 10.9. The van der Waals surface area contributed by atoms with Gasteiger partial charge in [0.2, 0.25) is 15.9 Å². The Balaban J connectivity index is 1.89. The first-order valence-electron chi connectivity index (χ1n) is 8.81. The highest BCUT2D eigenvalue weighted by Crippen LogP contribution is 2.25. The van der Waals surface area contributed by atoms with Gasteiger partial charge in [-0.1, -0.05) is 6.92 Å². The summed E-state index contributed by atoms with van der Waals surface area (Å²) >= 11 is 0. The van der Waals surface area contributed by atoms with E-state index in [1.54, 1.807) is 0 Å². The molecule has 3 atom stereocenters. The van der Waals surface area contributed by atoms with Gasteiger partial charge in [0.05, 0.1) is 6.26 Å². The Labute approximate surface area is 140 Å². The Morgan fingerprint density at radius 1 is 1.30 bits per heavy atom. The van der Waals surface area contributed by atoms with Crippen LogP contribution < -0.4 is 10.0 Å². The topological polar surface area (TPSA) is 78.5 Å². The molecule has 0 aromatic heterocycles. The van der Waals surface area contributed by atoms with Gasteiger partial charge >= 0.3 is 0 Å². The second-order valence-electron chi connectivity index (χ2n) is 7.15. The van der Waals surface area contributed by atoms with Crippen molar-refractivity contribution in [1.82, 2.24) is 14.9 Å². The highest BCUT2D eigenvalue weighted by molar-refractivity contribution is 7.88. The van der Waals surface area contributed by atoms with Crippen LogP contribution >= 0.6 is 0 Å². The molecule has 2 heterocycles. The van der Waals surface area contributed by atoms with E-state index in [0.29, 0.717) is 24.8 Å². The summed E-state index contributed by atoms with van der Waals surface area (Å²) in [5.41, 5.74) is 0. The van der Waals surface area contributed by atoms with Gasteiger partial charge in [0.1, 0.15) is 0 Å². The van der Waals surface area contributed by atoms with E-state index in [2.05, 4.69) is 17.0 Å². The molecular weight excluding hydrogens is 314 g/mol. The molecule has 134 valence electrons. The van der Waals surface area contributed by atoms with Crippen LogP contribution in [0.3, 0.4) is 0 Å². The molecule has 0 spiro atoms. The van der Waals surface area contributed by atoms with E-state index in [-0.39, 0.29) is 11.9 Å². The molecule has 0 aromatic rings. The quantitative estimate of drug-likeness (QED) is 0.751. The number of amides is 1. The Morgan fingerprint density at radius 2 is 2.09 bits per heavy atom. The van der Waals surface area contributed by atoms with Gasteiger partial charge in [-0.25, -0.2) is 13.1 Å². The highest BCUT2D eigenvalue weighted by Gasteiger charge is 2.30. The molecule has 23 heavy (non-hydrogen) atoms. The van der Waals surface area contributed by atoms with Crippen molar-refractivity contribution in [2.75, 3.05) is 32.4 Å². The minimum absolute atomic E-state index is 0.00246. The monoisotopic (exact) mass is 345 g/mol. The van der Waals surface area contributed by atoms with Gasteiger partial charge in [-0.15, -0.1) is 0 Å². The molecule has 2 N–H and O–H groups in total. The zero-order valence-corrected chi connectivity index (χ0v) is 15.2. The normalized spacial score (nSPS) is 27.7. The minimum Gasteiger partial charge on any atom is -0.338 e. The smallest absolute Gasteiger partial charge is 0.223 e. The second-order valence-corrected chi connectivity index (χ2v) is 8.98. The number of carbonyl (C=O) groups is 1. The van der Waals surface area contributed by atoms with Crippen molar-refractivity contribution in [3.8, 4) is 0 Å². The molecule has 0 radical (unpaired) electrons. The summed E-state index contributed by atoms with van der Waals surface area (Å²) in [6.07, 6.45) is 7.08. The number of hydrogen-bond donors (Lipinski definition) is 2. The van der Waals surface area contributed by atoms with E-state index in [1.165, 1.54) is 19.1 Å². The maximum absolute atomic E-state index is 12.7. The summed E-state index contributed by atoms with van der Waals surface area (Å²) in [5, 5.41) is 3.41. The molecule has 2 saturated heterocycles. The van der Waals surface area contributed by atoms with E-state index in [4.69, 9.17) is 0 Å². The van der Waals surface area contributed by atoms with Crippen LogP contribution in [0.15, 0.2) is 0 Å². The Morgan fingerprint density at radius 3 is 2.74 bits per heavy atom. The number of piperidine rings is 2. The lowest BCUT2D eigenvalue weighted by molar-refractivity contribution is -0.136. The molecular formula is C16H31N3O3S. The molecule has 6 nitrogen and oxygen atoms in total. The number of rotatable bonds is 6. The Kier molecular flexibility index (Phi) is 6.85. The summed E-state index contributed by atoms with van der Waals surface area (Å²) < 4.78 is 25.2. The molecule has 2 aliphatic rings. The van der Waals surface area contributed by atoms with Crippen LogP contribution in [0.5, 0.6) is 0 Å². The van der Waals surface area contributed by atoms with Gasteiger partial charge in [0, 0.05) is 25.6 Å². The van der Waals surface area contributed by atoms with Crippen LogP contribution in [0.4, 0.5) is 0 Å². The largest absolute Gasteiger partial charge is 0.338 e. The summed E-state index contributed by atoms with van der Waals surface area (Å²) in [6, 6.07) is 0.00246. The van der Waals surface area contributed by atoms with E-state index >= 15 is 0 Å². The van der Waals surface area contributed by atoms with Crippen molar-refractivity contribution in [1.29, 1.82) is 0 Å². The lowest BCUT2D eigenvalue weighted by Crippen LogP contribution is -2.50. The minimum atomic E-state index is -3.21. The first-order valence-corrected chi connectivity index (χ1v) is 10.7. The van der Waals surface area contributed by atoms with Crippen LogP contribution in [-0.4, -0.2) is 57.7 Å². The predicted molar refractivity (Wildman–Crippen MR) is 91.6 cm³/mol. The van der Waals surface area contributed by atoms with Crippen molar-refractivity contribution in [3.63, 3.8) is 0 Å². The number of nitrogens with one attached hydrogen (secondary N) is 2. The second kappa shape index (κ2) is 8.44. The van der Waals surface area contributed by atoms with E-state index < -0.39 is 10.0 Å². The third kappa shape index (κ3) is 6.04. The molecule has 0 saturated carbocycles. The van der Waals surface area contributed by atoms with E-state index in [0.717, 1.165) is 38.9 Å². The molecule has 2 aliphatic heterocycles. The average molecular weight is 346 g/mol. The van der Waals surface area contributed by atoms with Crippen molar-refractivity contribution in [2.24, 2.45) is 11.8 Å². The zero-order valence-electron chi connectivity index (χ0n) is 14.4. The predicted octanol–water partition coefficient (Wildman–Crippen LogP) is 0.943. The third-order valence-corrected chi connectivity index (χ3v) is 5.86.